The molecule has 0 amide bonds. The topological polar surface area (TPSA) is 17.1 Å². The number of rotatable bonds is 0. The summed E-state index contributed by atoms with van der Waals surface area (Å²) in [7, 11) is 0. The molecule has 0 atom stereocenters. The van der Waals surface area contributed by atoms with Gasteiger partial charge in [-0.25, -0.2) is 0 Å². The van der Waals surface area contributed by atoms with E-state index in [2.05, 4.69) is 13.2 Å². The van der Waals surface area contributed by atoms with E-state index in [1.54, 1.807) is 0 Å². The molecule has 8 heavy (non-hydrogen) atoms. The average molecular weight is 108 g/mol. The minimum Gasteiger partial charge on any atom is -0.289 e. The highest BCUT2D eigenvalue weighted by Crippen LogP contribution is 2.22. The lowest BCUT2D eigenvalue weighted by molar-refractivity contribution is -0.111. The molecule has 1 rings (SSSR count). The molecule has 1 fully saturated rings. The zero-order valence-corrected chi connectivity index (χ0v) is 4.74. The molecule has 0 saturated heterocycles. The van der Waals surface area contributed by atoms with Crippen molar-refractivity contribution in [3.05, 3.63) is 24.3 Å². The Hall–Kier alpha value is -0.850. The Balaban J connectivity index is 2.86. The molecule has 1 saturated carbocycles. The highest BCUT2D eigenvalue weighted by Gasteiger charge is 2.18. The van der Waals surface area contributed by atoms with E-state index in [0.717, 1.165) is 24.0 Å². The number of carbonyl (C=O) groups is 1. The van der Waals surface area contributed by atoms with Gasteiger partial charge in [0.15, 0.2) is 5.78 Å². The van der Waals surface area contributed by atoms with Crippen LogP contribution < -0.4 is 0 Å². The number of allylic oxidation sites excluding steroid dienone is 2. The molecule has 0 aliphatic heterocycles. The molecular weight excluding hydrogens is 100 g/mol. The van der Waals surface area contributed by atoms with E-state index in [1.807, 2.05) is 0 Å². The Kier molecular flexibility index (Phi) is 1.05. The van der Waals surface area contributed by atoms with Crippen molar-refractivity contribution in [3.8, 4) is 0 Å². The van der Waals surface area contributed by atoms with Crippen molar-refractivity contribution in [1.29, 1.82) is 0 Å². The van der Waals surface area contributed by atoms with E-state index in [4.69, 9.17) is 0 Å². The first-order valence-electron chi connectivity index (χ1n) is 2.62. The Morgan fingerprint density at radius 2 is 1.50 bits per heavy atom. The quantitative estimate of drug-likeness (QED) is 0.429. The van der Waals surface area contributed by atoms with Crippen LogP contribution in [0.25, 0.3) is 0 Å². The SMILES string of the molecule is C=C1CCC(=C)C1=O. The lowest BCUT2D eigenvalue weighted by Crippen LogP contribution is -1.90. The van der Waals surface area contributed by atoms with Crippen LogP contribution in [0.1, 0.15) is 12.8 Å². The van der Waals surface area contributed by atoms with E-state index in [-0.39, 0.29) is 5.78 Å². The van der Waals surface area contributed by atoms with E-state index in [1.165, 1.54) is 0 Å². The first-order chi connectivity index (χ1) is 3.72. The summed E-state index contributed by atoms with van der Waals surface area (Å²) in [5.74, 6) is 0.0741. The standard InChI is InChI=1S/C7H8O/c1-5-3-4-6(2)7(5)8/h1-4H2. The van der Waals surface area contributed by atoms with Crippen LogP contribution in [0.15, 0.2) is 24.3 Å². The Morgan fingerprint density at radius 1 is 1.12 bits per heavy atom. The maximum Gasteiger partial charge on any atom is 0.183 e. The average Bonchev–Trinajstić information content (AvgIpc) is 1.98. The zero-order valence-electron chi connectivity index (χ0n) is 4.74. The Morgan fingerprint density at radius 3 is 1.62 bits per heavy atom. The lowest BCUT2D eigenvalue weighted by Gasteiger charge is -1.83. The highest BCUT2D eigenvalue weighted by atomic mass is 16.1. The molecule has 0 heterocycles. The van der Waals surface area contributed by atoms with Gasteiger partial charge in [-0.2, -0.15) is 0 Å². The summed E-state index contributed by atoms with van der Waals surface area (Å²) < 4.78 is 0. The van der Waals surface area contributed by atoms with Gasteiger partial charge < -0.3 is 0 Å². The molecule has 1 nitrogen and oxygen atoms in total. The Bertz CT molecular complexity index is 147. The third kappa shape index (κ3) is 0.601. The van der Waals surface area contributed by atoms with Crippen molar-refractivity contribution in [2.75, 3.05) is 0 Å². The third-order valence-electron chi connectivity index (χ3n) is 1.37. The van der Waals surface area contributed by atoms with Gasteiger partial charge in [-0.05, 0) is 24.0 Å². The fourth-order valence-electron chi connectivity index (χ4n) is 0.779. The van der Waals surface area contributed by atoms with Gasteiger partial charge in [0.1, 0.15) is 0 Å². The molecule has 0 N–H and O–H groups in total. The van der Waals surface area contributed by atoms with Crippen molar-refractivity contribution in [2.45, 2.75) is 12.8 Å². The summed E-state index contributed by atoms with van der Waals surface area (Å²) in [5, 5.41) is 0. The van der Waals surface area contributed by atoms with Crippen LogP contribution in [0, 0.1) is 0 Å². The summed E-state index contributed by atoms with van der Waals surface area (Å²) in [4.78, 5) is 10.7. The first kappa shape index (κ1) is 5.29. The fraction of sp³-hybridized carbons (Fsp3) is 0.286. The number of hydrogen-bond donors (Lipinski definition) is 0. The molecule has 0 aromatic rings. The monoisotopic (exact) mass is 108 g/mol. The van der Waals surface area contributed by atoms with E-state index < -0.39 is 0 Å². The van der Waals surface area contributed by atoms with Crippen LogP contribution in [0.2, 0.25) is 0 Å². The van der Waals surface area contributed by atoms with Gasteiger partial charge in [0, 0.05) is 0 Å². The van der Waals surface area contributed by atoms with Crippen LogP contribution in [0.5, 0.6) is 0 Å². The van der Waals surface area contributed by atoms with Gasteiger partial charge in [0.25, 0.3) is 0 Å². The van der Waals surface area contributed by atoms with Crippen molar-refractivity contribution >= 4 is 5.78 Å². The van der Waals surface area contributed by atoms with Gasteiger partial charge in [0.05, 0.1) is 0 Å². The lowest BCUT2D eigenvalue weighted by atomic mass is 10.2. The van der Waals surface area contributed by atoms with E-state index >= 15 is 0 Å². The third-order valence-corrected chi connectivity index (χ3v) is 1.37. The largest absolute Gasteiger partial charge is 0.289 e. The van der Waals surface area contributed by atoms with Gasteiger partial charge in [-0.15, -0.1) is 0 Å². The van der Waals surface area contributed by atoms with Crippen LogP contribution in [-0.2, 0) is 4.79 Å². The molecule has 42 valence electrons. The molecule has 0 radical (unpaired) electrons. The molecule has 0 aromatic carbocycles. The highest BCUT2D eigenvalue weighted by molar-refractivity contribution is 6.09. The summed E-state index contributed by atoms with van der Waals surface area (Å²) in [6, 6.07) is 0. The summed E-state index contributed by atoms with van der Waals surface area (Å²) in [6.07, 6.45) is 1.63. The van der Waals surface area contributed by atoms with Crippen LogP contribution in [0.4, 0.5) is 0 Å². The number of carbonyl (C=O) groups excluding carboxylic acids is 1. The molecule has 0 aromatic heterocycles. The van der Waals surface area contributed by atoms with Crippen LogP contribution in [-0.4, -0.2) is 5.78 Å². The van der Waals surface area contributed by atoms with Crippen molar-refractivity contribution in [1.82, 2.24) is 0 Å². The number of ketones is 1. The molecule has 1 aliphatic rings. The van der Waals surface area contributed by atoms with Crippen LogP contribution >= 0.6 is 0 Å². The summed E-state index contributed by atoms with van der Waals surface area (Å²) in [6.45, 7) is 7.15. The predicted molar refractivity (Wildman–Crippen MR) is 32.5 cm³/mol. The maximum absolute atomic E-state index is 10.7. The smallest absolute Gasteiger partial charge is 0.183 e. The molecule has 0 spiro atoms. The van der Waals surface area contributed by atoms with Crippen LogP contribution in [0.3, 0.4) is 0 Å². The maximum atomic E-state index is 10.7. The van der Waals surface area contributed by atoms with Gasteiger partial charge >= 0.3 is 0 Å². The first-order valence-corrected chi connectivity index (χ1v) is 2.62. The second-order valence-corrected chi connectivity index (χ2v) is 2.04. The molecular formula is C7H8O. The summed E-state index contributed by atoms with van der Waals surface area (Å²) >= 11 is 0. The molecule has 1 aliphatic carbocycles. The van der Waals surface area contributed by atoms with Gasteiger partial charge in [0.2, 0.25) is 0 Å². The van der Waals surface area contributed by atoms with E-state index in [0.29, 0.717) is 0 Å². The van der Waals surface area contributed by atoms with Crippen molar-refractivity contribution in [3.63, 3.8) is 0 Å². The van der Waals surface area contributed by atoms with Gasteiger partial charge in [-0.1, -0.05) is 13.2 Å². The van der Waals surface area contributed by atoms with E-state index in [9.17, 15) is 4.79 Å². The molecule has 1 heteroatoms. The fourth-order valence-corrected chi connectivity index (χ4v) is 0.779. The zero-order chi connectivity index (χ0) is 6.15. The minimum absolute atomic E-state index is 0.0741. The minimum atomic E-state index is 0.0741. The van der Waals surface area contributed by atoms with Crippen molar-refractivity contribution < 1.29 is 4.79 Å². The number of Topliss-reactive ketones (excluding diaryl/α,β-unsaturated/α-hetero) is 1. The Labute approximate surface area is 48.7 Å². The van der Waals surface area contributed by atoms with Crippen molar-refractivity contribution in [2.24, 2.45) is 0 Å². The second kappa shape index (κ2) is 1.58. The second-order valence-electron chi connectivity index (χ2n) is 2.04. The predicted octanol–water partition coefficient (Wildman–Crippen LogP) is 1.46. The van der Waals surface area contributed by atoms with Gasteiger partial charge in [-0.3, -0.25) is 4.79 Å². The molecule has 0 unspecified atom stereocenters. The molecule has 0 bridgehead atoms. The summed E-state index contributed by atoms with van der Waals surface area (Å²) in [5.41, 5.74) is 1.44. The number of hydrogen-bond acceptors (Lipinski definition) is 1. The normalized spacial score (nSPS) is 20.2.